The molecule has 9 heteroatoms. The van der Waals surface area contributed by atoms with Crippen LogP contribution in [0, 0.1) is 0 Å². The zero-order valence-electron chi connectivity index (χ0n) is 12.6. The van der Waals surface area contributed by atoms with Gasteiger partial charge in [-0.15, -0.1) is 0 Å². The summed E-state index contributed by atoms with van der Waals surface area (Å²) in [5, 5.41) is 15.6. The minimum Gasteiger partial charge on any atom is -0.503 e. The number of benzene rings is 1. The van der Waals surface area contributed by atoms with Gasteiger partial charge in [0.25, 0.3) is 11.3 Å². The second-order valence-corrected chi connectivity index (χ2v) is 4.98. The maximum absolute atomic E-state index is 12.7. The number of nitrogens with zero attached hydrogens (tertiary/aromatic N) is 2. The van der Waals surface area contributed by atoms with Crippen LogP contribution in [0.15, 0.2) is 35.3 Å². The maximum Gasteiger partial charge on any atom is 0.416 e. The summed E-state index contributed by atoms with van der Waals surface area (Å²) in [4.78, 5) is 23.2. The van der Waals surface area contributed by atoms with E-state index in [1.165, 1.54) is 19.2 Å². The van der Waals surface area contributed by atoms with Crippen LogP contribution in [-0.4, -0.2) is 27.8 Å². The van der Waals surface area contributed by atoms with Crippen molar-refractivity contribution in [3.63, 3.8) is 0 Å². The molecule has 0 saturated carbocycles. The molecule has 1 heterocycles. The van der Waals surface area contributed by atoms with Crippen LogP contribution in [0.5, 0.6) is 5.75 Å². The molecule has 0 atom stereocenters. The van der Waals surface area contributed by atoms with Gasteiger partial charge in [0.2, 0.25) is 0 Å². The molecule has 0 bridgehead atoms. The first-order valence-corrected chi connectivity index (χ1v) is 6.91. The SMILES string of the molecule is CNC(=O)c1nn(CCc2cccc(C(F)(F)F)c2)cc(O)c1=O. The minimum atomic E-state index is -4.43. The normalized spacial score (nSPS) is 11.3. The molecule has 6 nitrogen and oxygen atoms in total. The third-order valence-electron chi connectivity index (χ3n) is 3.27. The number of rotatable bonds is 4. The number of hydrogen-bond donors (Lipinski definition) is 2. The van der Waals surface area contributed by atoms with Crippen LogP contribution >= 0.6 is 0 Å². The summed E-state index contributed by atoms with van der Waals surface area (Å²) in [6, 6.07) is 4.81. The summed E-state index contributed by atoms with van der Waals surface area (Å²) in [7, 11) is 1.31. The molecule has 0 aliphatic heterocycles. The largest absolute Gasteiger partial charge is 0.503 e. The summed E-state index contributed by atoms with van der Waals surface area (Å²) < 4.78 is 39.2. The minimum absolute atomic E-state index is 0.0825. The Morgan fingerprint density at radius 2 is 2.08 bits per heavy atom. The topological polar surface area (TPSA) is 84.2 Å². The van der Waals surface area contributed by atoms with Crippen molar-refractivity contribution in [3.8, 4) is 5.75 Å². The van der Waals surface area contributed by atoms with Gasteiger partial charge in [0.15, 0.2) is 11.4 Å². The van der Waals surface area contributed by atoms with Gasteiger partial charge in [-0.2, -0.15) is 18.3 Å². The van der Waals surface area contributed by atoms with Gasteiger partial charge >= 0.3 is 6.18 Å². The molecule has 0 fully saturated rings. The number of aryl methyl sites for hydroxylation is 2. The molecular formula is C15H14F3N3O3. The van der Waals surface area contributed by atoms with Crippen LogP contribution in [0.25, 0.3) is 0 Å². The monoisotopic (exact) mass is 341 g/mol. The summed E-state index contributed by atoms with van der Waals surface area (Å²) in [5.74, 6) is -1.42. The molecule has 2 N–H and O–H groups in total. The Balaban J connectivity index is 2.22. The number of aromatic hydroxyl groups is 1. The quantitative estimate of drug-likeness (QED) is 0.884. The Kier molecular flexibility index (Phi) is 4.91. The molecular weight excluding hydrogens is 327 g/mol. The van der Waals surface area contributed by atoms with Crippen molar-refractivity contribution in [1.29, 1.82) is 0 Å². The fraction of sp³-hybridized carbons (Fsp3) is 0.267. The lowest BCUT2D eigenvalue weighted by molar-refractivity contribution is -0.137. The molecule has 2 rings (SSSR count). The number of hydrogen-bond acceptors (Lipinski definition) is 4. The number of amides is 1. The zero-order valence-corrected chi connectivity index (χ0v) is 12.6. The van der Waals surface area contributed by atoms with Gasteiger partial charge in [-0.05, 0) is 18.1 Å². The highest BCUT2D eigenvalue weighted by Crippen LogP contribution is 2.29. The van der Waals surface area contributed by atoms with Crippen LogP contribution in [-0.2, 0) is 19.1 Å². The molecule has 1 aromatic heterocycles. The van der Waals surface area contributed by atoms with Gasteiger partial charge in [-0.3, -0.25) is 14.3 Å². The van der Waals surface area contributed by atoms with Crippen LogP contribution in [0.3, 0.4) is 0 Å². The van der Waals surface area contributed by atoms with Gasteiger partial charge in [0.1, 0.15) is 0 Å². The van der Waals surface area contributed by atoms with Crippen molar-refractivity contribution in [2.24, 2.45) is 0 Å². The Bertz CT molecular complexity index is 816. The van der Waals surface area contributed by atoms with E-state index < -0.39 is 34.5 Å². The predicted molar refractivity (Wildman–Crippen MR) is 78.7 cm³/mol. The van der Waals surface area contributed by atoms with Gasteiger partial charge in [0.05, 0.1) is 11.8 Å². The Morgan fingerprint density at radius 1 is 1.38 bits per heavy atom. The highest BCUT2D eigenvalue weighted by atomic mass is 19.4. The molecule has 1 aromatic carbocycles. The lowest BCUT2D eigenvalue weighted by Gasteiger charge is -2.10. The third kappa shape index (κ3) is 3.92. The van der Waals surface area contributed by atoms with Crippen molar-refractivity contribution >= 4 is 5.91 Å². The number of carbonyl (C=O) groups is 1. The fourth-order valence-electron chi connectivity index (χ4n) is 2.05. The molecule has 0 saturated heterocycles. The Labute approximate surface area is 134 Å². The first-order chi connectivity index (χ1) is 11.2. The van der Waals surface area contributed by atoms with E-state index in [2.05, 4.69) is 10.4 Å². The van der Waals surface area contributed by atoms with E-state index in [0.29, 0.717) is 5.56 Å². The summed E-state index contributed by atoms with van der Waals surface area (Å²) in [6.45, 7) is 0.0825. The number of nitrogens with one attached hydrogen (secondary N) is 1. The van der Waals surface area contributed by atoms with E-state index >= 15 is 0 Å². The lowest BCUT2D eigenvalue weighted by Crippen LogP contribution is -2.29. The highest BCUT2D eigenvalue weighted by molar-refractivity contribution is 5.92. The molecule has 0 radical (unpaired) electrons. The number of halogens is 3. The van der Waals surface area contributed by atoms with Crippen LogP contribution in [0.4, 0.5) is 13.2 Å². The maximum atomic E-state index is 12.7. The Hall–Kier alpha value is -2.84. The average Bonchev–Trinajstić information content (AvgIpc) is 2.54. The van der Waals surface area contributed by atoms with Crippen molar-refractivity contribution < 1.29 is 23.1 Å². The van der Waals surface area contributed by atoms with Crippen molar-refractivity contribution in [3.05, 3.63) is 57.5 Å². The van der Waals surface area contributed by atoms with E-state index in [1.807, 2.05) is 0 Å². The van der Waals surface area contributed by atoms with Crippen molar-refractivity contribution in [2.75, 3.05) is 7.05 Å². The first-order valence-electron chi connectivity index (χ1n) is 6.91. The van der Waals surface area contributed by atoms with Gasteiger partial charge < -0.3 is 10.4 Å². The van der Waals surface area contributed by atoms with Crippen LogP contribution < -0.4 is 10.7 Å². The third-order valence-corrected chi connectivity index (χ3v) is 3.27. The van der Waals surface area contributed by atoms with Gasteiger partial charge in [-0.25, -0.2) is 0 Å². The molecule has 0 unspecified atom stereocenters. The number of aromatic nitrogens is 2. The molecule has 0 spiro atoms. The summed E-state index contributed by atoms with van der Waals surface area (Å²) in [5.41, 5.74) is -1.75. The predicted octanol–water partition coefficient (Wildman–Crippen LogP) is 1.57. The molecule has 0 aliphatic carbocycles. The first kappa shape index (κ1) is 17.5. The molecule has 1 amide bonds. The highest BCUT2D eigenvalue weighted by Gasteiger charge is 2.30. The molecule has 128 valence electrons. The van der Waals surface area contributed by atoms with E-state index in [-0.39, 0.29) is 13.0 Å². The number of alkyl halides is 3. The Morgan fingerprint density at radius 3 is 2.71 bits per heavy atom. The molecule has 24 heavy (non-hydrogen) atoms. The smallest absolute Gasteiger partial charge is 0.416 e. The van der Waals surface area contributed by atoms with E-state index in [0.717, 1.165) is 23.0 Å². The van der Waals surface area contributed by atoms with Crippen molar-refractivity contribution in [2.45, 2.75) is 19.1 Å². The van der Waals surface area contributed by atoms with Gasteiger partial charge in [-0.1, -0.05) is 18.2 Å². The number of carbonyl (C=O) groups excluding carboxylic acids is 1. The summed E-state index contributed by atoms with van der Waals surface area (Å²) >= 11 is 0. The van der Waals surface area contributed by atoms with Crippen LogP contribution in [0.2, 0.25) is 0 Å². The van der Waals surface area contributed by atoms with Gasteiger partial charge in [0, 0.05) is 13.6 Å². The van der Waals surface area contributed by atoms with Crippen LogP contribution in [0.1, 0.15) is 21.6 Å². The van der Waals surface area contributed by atoms with E-state index in [1.54, 1.807) is 0 Å². The molecule has 2 aromatic rings. The fourth-order valence-corrected chi connectivity index (χ4v) is 2.05. The second kappa shape index (κ2) is 6.73. The summed E-state index contributed by atoms with van der Waals surface area (Å²) in [6.07, 6.45) is -3.23. The zero-order chi connectivity index (χ0) is 17.9. The standard InChI is InChI=1S/C15H14F3N3O3/c1-19-14(24)12-13(23)11(22)8-21(20-12)6-5-9-3-2-4-10(7-9)15(16,17)18/h2-4,7-8,22H,5-6H2,1H3,(H,19,24). The lowest BCUT2D eigenvalue weighted by atomic mass is 10.1. The van der Waals surface area contributed by atoms with E-state index in [4.69, 9.17) is 0 Å². The van der Waals surface area contributed by atoms with E-state index in [9.17, 15) is 27.9 Å². The second-order valence-electron chi connectivity index (χ2n) is 4.98. The van der Waals surface area contributed by atoms with Crippen molar-refractivity contribution in [1.82, 2.24) is 15.1 Å². The average molecular weight is 341 g/mol. The molecule has 0 aliphatic rings.